The minimum atomic E-state index is -4.45. The summed E-state index contributed by atoms with van der Waals surface area (Å²) in [6, 6.07) is 7.45. The Morgan fingerprint density at radius 1 is 1.26 bits per heavy atom. The summed E-state index contributed by atoms with van der Waals surface area (Å²) in [6.45, 7) is -1.75. The maximum atomic E-state index is 11.9. The van der Waals surface area contributed by atoms with Crippen LogP contribution in [0.5, 0.6) is 0 Å². The fraction of sp³-hybridized carbons (Fsp3) is 0.417. The van der Waals surface area contributed by atoms with E-state index in [0.717, 1.165) is 5.56 Å². The highest BCUT2D eigenvalue weighted by Gasteiger charge is 2.28. The van der Waals surface area contributed by atoms with Gasteiger partial charge in [0, 0.05) is 0 Å². The van der Waals surface area contributed by atoms with Crippen LogP contribution < -0.4 is 10.6 Å². The number of aliphatic hydroxyl groups excluding tert-OH is 1. The molecule has 0 heterocycles. The highest BCUT2D eigenvalue weighted by molar-refractivity contribution is 5.74. The largest absolute Gasteiger partial charge is 0.405 e. The Morgan fingerprint density at radius 3 is 2.42 bits per heavy atom. The molecule has 19 heavy (non-hydrogen) atoms. The van der Waals surface area contributed by atoms with E-state index in [4.69, 9.17) is 5.11 Å². The summed E-state index contributed by atoms with van der Waals surface area (Å²) in [4.78, 5) is 11.2. The topological polar surface area (TPSA) is 61.4 Å². The summed E-state index contributed by atoms with van der Waals surface area (Å²) in [7, 11) is 0. The number of hydrogen-bond donors (Lipinski definition) is 3. The zero-order valence-corrected chi connectivity index (χ0v) is 10.1. The third kappa shape index (κ3) is 6.66. The Labute approximate surface area is 108 Å². The standard InChI is InChI=1S/C12H15F3N2O2/c13-12(14,15)8-16-11(19)17-10(7-18)6-9-4-2-1-3-5-9/h1-5,10,18H,6-8H2,(H2,16,17,19). The molecule has 0 radical (unpaired) electrons. The number of carbonyl (C=O) groups is 1. The summed E-state index contributed by atoms with van der Waals surface area (Å²) in [5.41, 5.74) is 0.873. The molecule has 4 nitrogen and oxygen atoms in total. The number of benzene rings is 1. The lowest BCUT2D eigenvalue weighted by Crippen LogP contribution is -2.47. The number of hydrogen-bond acceptors (Lipinski definition) is 2. The van der Waals surface area contributed by atoms with Crippen molar-refractivity contribution in [3.63, 3.8) is 0 Å². The van der Waals surface area contributed by atoms with E-state index in [1.54, 1.807) is 29.6 Å². The molecule has 7 heteroatoms. The van der Waals surface area contributed by atoms with E-state index in [0.29, 0.717) is 6.42 Å². The number of alkyl halides is 3. The molecule has 0 fully saturated rings. The van der Waals surface area contributed by atoms with Gasteiger partial charge in [-0.05, 0) is 12.0 Å². The second-order valence-electron chi connectivity index (χ2n) is 4.01. The molecule has 1 unspecified atom stereocenters. The zero-order chi connectivity index (χ0) is 14.3. The predicted octanol–water partition coefficient (Wildman–Crippen LogP) is 1.45. The van der Waals surface area contributed by atoms with E-state index in [1.165, 1.54) is 0 Å². The van der Waals surface area contributed by atoms with Gasteiger partial charge in [0.1, 0.15) is 6.54 Å². The van der Waals surface area contributed by atoms with Gasteiger partial charge in [-0.1, -0.05) is 30.3 Å². The van der Waals surface area contributed by atoms with E-state index >= 15 is 0 Å². The third-order valence-corrected chi connectivity index (χ3v) is 2.33. The van der Waals surface area contributed by atoms with Crippen LogP contribution in [0.25, 0.3) is 0 Å². The van der Waals surface area contributed by atoms with Crippen molar-refractivity contribution in [2.45, 2.75) is 18.6 Å². The number of halogens is 3. The Kier molecular flexibility index (Phi) is 5.62. The van der Waals surface area contributed by atoms with Crippen molar-refractivity contribution in [3.05, 3.63) is 35.9 Å². The molecule has 1 aromatic carbocycles. The van der Waals surface area contributed by atoms with Crippen LogP contribution in [0.15, 0.2) is 30.3 Å². The van der Waals surface area contributed by atoms with Crippen molar-refractivity contribution >= 4 is 6.03 Å². The lowest BCUT2D eigenvalue weighted by molar-refractivity contribution is -0.122. The first-order chi connectivity index (χ1) is 8.90. The van der Waals surface area contributed by atoms with Gasteiger partial charge in [-0.25, -0.2) is 4.79 Å². The smallest absolute Gasteiger partial charge is 0.394 e. The molecule has 0 aliphatic carbocycles. The predicted molar refractivity (Wildman–Crippen MR) is 63.6 cm³/mol. The van der Waals surface area contributed by atoms with Gasteiger partial charge in [-0.2, -0.15) is 13.2 Å². The fourth-order valence-corrected chi connectivity index (χ4v) is 1.48. The van der Waals surface area contributed by atoms with Gasteiger partial charge in [0.05, 0.1) is 12.6 Å². The van der Waals surface area contributed by atoms with Crippen molar-refractivity contribution in [1.82, 2.24) is 10.6 Å². The first kappa shape index (κ1) is 15.3. The molecule has 1 atom stereocenters. The Bertz CT molecular complexity index is 396. The Morgan fingerprint density at radius 2 is 1.89 bits per heavy atom. The van der Waals surface area contributed by atoms with Crippen molar-refractivity contribution in [2.75, 3.05) is 13.2 Å². The highest BCUT2D eigenvalue weighted by atomic mass is 19.4. The van der Waals surface area contributed by atoms with Crippen LogP contribution in [0.4, 0.5) is 18.0 Å². The molecule has 1 aromatic rings. The molecule has 0 bridgehead atoms. The molecule has 0 aliphatic rings. The van der Waals surface area contributed by atoms with Gasteiger partial charge in [0.25, 0.3) is 0 Å². The quantitative estimate of drug-likeness (QED) is 0.762. The number of rotatable bonds is 5. The number of aliphatic hydroxyl groups is 1. The summed E-state index contributed by atoms with van der Waals surface area (Å²) in [6.07, 6.45) is -4.11. The van der Waals surface area contributed by atoms with Crippen LogP contribution >= 0.6 is 0 Å². The van der Waals surface area contributed by atoms with Crippen LogP contribution in [0.1, 0.15) is 5.56 Å². The van der Waals surface area contributed by atoms with Gasteiger partial charge < -0.3 is 15.7 Å². The summed E-state index contributed by atoms with van der Waals surface area (Å²) in [5.74, 6) is 0. The summed E-state index contributed by atoms with van der Waals surface area (Å²) < 4.78 is 35.7. The molecule has 106 valence electrons. The average Bonchev–Trinajstić information content (AvgIpc) is 2.36. The molecule has 0 aromatic heterocycles. The van der Waals surface area contributed by atoms with E-state index in [9.17, 15) is 18.0 Å². The molecule has 1 rings (SSSR count). The molecule has 0 saturated heterocycles. The lowest BCUT2D eigenvalue weighted by atomic mass is 10.1. The molecular formula is C12H15F3N2O2. The van der Waals surface area contributed by atoms with Gasteiger partial charge in [-0.15, -0.1) is 0 Å². The molecule has 0 spiro atoms. The summed E-state index contributed by atoms with van der Waals surface area (Å²) >= 11 is 0. The van der Waals surface area contributed by atoms with Crippen LogP contribution in [0.2, 0.25) is 0 Å². The van der Waals surface area contributed by atoms with Crippen molar-refractivity contribution < 1.29 is 23.1 Å². The maximum Gasteiger partial charge on any atom is 0.405 e. The van der Waals surface area contributed by atoms with Gasteiger partial charge in [-0.3, -0.25) is 0 Å². The van der Waals surface area contributed by atoms with E-state index in [2.05, 4.69) is 5.32 Å². The Balaban J connectivity index is 2.42. The second-order valence-corrected chi connectivity index (χ2v) is 4.01. The van der Waals surface area contributed by atoms with E-state index < -0.39 is 24.8 Å². The lowest BCUT2D eigenvalue weighted by Gasteiger charge is -2.17. The van der Waals surface area contributed by atoms with Crippen LogP contribution in [-0.2, 0) is 6.42 Å². The number of nitrogens with one attached hydrogen (secondary N) is 2. The normalized spacial score (nSPS) is 12.8. The molecule has 2 amide bonds. The van der Waals surface area contributed by atoms with Crippen molar-refractivity contribution in [2.24, 2.45) is 0 Å². The van der Waals surface area contributed by atoms with Crippen molar-refractivity contribution in [3.8, 4) is 0 Å². The molecule has 0 saturated carbocycles. The minimum absolute atomic E-state index is 0.344. The zero-order valence-electron chi connectivity index (χ0n) is 10.1. The van der Waals surface area contributed by atoms with Crippen LogP contribution in [0, 0.1) is 0 Å². The minimum Gasteiger partial charge on any atom is -0.394 e. The maximum absolute atomic E-state index is 11.9. The van der Waals surface area contributed by atoms with Gasteiger partial charge in [0.2, 0.25) is 0 Å². The van der Waals surface area contributed by atoms with Gasteiger partial charge in [0.15, 0.2) is 0 Å². The van der Waals surface area contributed by atoms with Crippen LogP contribution in [-0.4, -0.2) is 36.5 Å². The number of amides is 2. The average molecular weight is 276 g/mol. The molecular weight excluding hydrogens is 261 g/mol. The second kappa shape index (κ2) is 6.98. The number of urea groups is 1. The van der Waals surface area contributed by atoms with Crippen LogP contribution in [0.3, 0.4) is 0 Å². The first-order valence-corrected chi connectivity index (χ1v) is 5.66. The highest BCUT2D eigenvalue weighted by Crippen LogP contribution is 2.12. The van der Waals surface area contributed by atoms with Gasteiger partial charge >= 0.3 is 12.2 Å². The van der Waals surface area contributed by atoms with Crippen molar-refractivity contribution in [1.29, 1.82) is 0 Å². The summed E-state index contributed by atoms with van der Waals surface area (Å²) in [5, 5.41) is 13.1. The first-order valence-electron chi connectivity index (χ1n) is 5.66. The Hall–Kier alpha value is -1.76. The SMILES string of the molecule is O=C(NCC(F)(F)F)NC(CO)Cc1ccccc1. The molecule has 0 aliphatic heterocycles. The number of carbonyl (C=O) groups excluding carboxylic acids is 1. The third-order valence-electron chi connectivity index (χ3n) is 2.33. The fourth-order valence-electron chi connectivity index (χ4n) is 1.48. The van der Waals surface area contributed by atoms with E-state index in [1.807, 2.05) is 6.07 Å². The van der Waals surface area contributed by atoms with E-state index in [-0.39, 0.29) is 6.61 Å². The monoisotopic (exact) mass is 276 g/mol. The molecule has 3 N–H and O–H groups in total.